The topological polar surface area (TPSA) is 67.4 Å². The van der Waals surface area contributed by atoms with Crippen LogP contribution in [0.1, 0.15) is 41.8 Å². The van der Waals surface area contributed by atoms with Crippen LogP contribution in [-0.2, 0) is 4.74 Å². The van der Waals surface area contributed by atoms with Crippen LogP contribution in [-0.4, -0.2) is 40.6 Å². The number of ether oxygens (including phenoxy) is 1. The zero-order valence-electron chi connectivity index (χ0n) is 13.9. The number of aromatic nitrogens is 2. The van der Waals surface area contributed by atoms with Crippen LogP contribution in [0.15, 0.2) is 29.9 Å². The third kappa shape index (κ3) is 3.91. The molecule has 1 aliphatic rings. The van der Waals surface area contributed by atoms with Gasteiger partial charge in [0.1, 0.15) is 11.1 Å². The van der Waals surface area contributed by atoms with E-state index < -0.39 is 0 Å². The summed E-state index contributed by atoms with van der Waals surface area (Å²) in [5.74, 6) is 0. The third-order valence-electron chi connectivity index (χ3n) is 4.08. The van der Waals surface area contributed by atoms with Gasteiger partial charge in [0.15, 0.2) is 0 Å². The van der Waals surface area contributed by atoms with E-state index >= 15 is 0 Å². The molecule has 1 N–H and O–H groups in total. The lowest BCUT2D eigenvalue weighted by Crippen LogP contribution is -2.48. The molecule has 3 heterocycles. The minimum absolute atomic E-state index is 0.0103. The molecule has 1 fully saturated rings. The zero-order valence-corrected chi connectivity index (χ0v) is 14.8. The number of rotatable bonds is 4. The number of nitrogens with one attached hydrogen (secondary N) is 1. The van der Waals surface area contributed by atoms with Crippen molar-refractivity contribution in [2.75, 3.05) is 19.7 Å². The molecule has 1 saturated heterocycles. The molecule has 0 aliphatic carbocycles. The van der Waals surface area contributed by atoms with Crippen molar-refractivity contribution in [2.45, 2.75) is 32.4 Å². The molecule has 0 aromatic carbocycles. The SMILES string of the molecule is CC[C@@H](NC(=O)N1CCO[C@H](c2nc(C)cs2)C1)c1ccncc1. The largest absolute Gasteiger partial charge is 0.367 e. The number of hydrogen-bond donors (Lipinski definition) is 1. The maximum Gasteiger partial charge on any atom is 0.318 e. The van der Waals surface area contributed by atoms with Gasteiger partial charge in [-0.25, -0.2) is 9.78 Å². The van der Waals surface area contributed by atoms with Crippen molar-refractivity contribution >= 4 is 17.4 Å². The van der Waals surface area contributed by atoms with Crippen LogP contribution < -0.4 is 5.32 Å². The monoisotopic (exact) mass is 346 g/mol. The molecule has 2 atom stereocenters. The maximum atomic E-state index is 12.6. The van der Waals surface area contributed by atoms with Crippen molar-refractivity contribution in [3.05, 3.63) is 46.2 Å². The molecule has 0 saturated carbocycles. The Hall–Kier alpha value is -1.99. The fourth-order valence-electron chi connectivity index (χ4n) is 2.76. The molecular formula is C17H22N4O2S. The number of amides is 2. The summed E-state index contributed by atoms with van der Waals surface area (Å²) in [6, 6.07) is 3.81. The van der Waals surface area contributed by atoms with Gasteiger partial charge < -0.3 is 15.0 Å². The Morgan fingerprint density at radius 2 is 2.29 bits per heavy atom. The molecule has 0 bridgehead atoms. The van der Waals surface area contributed by atoms with Crippen molar-refractivity contribution in [3.8, 4) is 0 Å². The average molecular weight is 346 g/mol. The molecule has 128 valence electrons. The molecule has 2 aromatic heterocycles. The molecule has 2 amide bonds. The van der Waals surface area contributed by atoms with E-state index in [4.69, 9.17) is 4.74 Å². The summed E-state index contributed by atoms with van der Waals surface area (Å²) in [6.45, 7) is 5.69. The fraction of sp³-hybridized carbons (Fsp3) is 0.471. The molecule has 6 nitrogen and oxygen atoms in total. The summed E-state index contributed by atoms with van der Waals surface area (Å²) in [6.07, 6.45) is 4.19. The van der Waals surface area contributed by atoms with Gasteiger partial charge in [0.2, 0.25) is 0 Å². The highest BCUT2D eigenvalue weighted by Crippen LogP contribution is 2.25. The molecule has 1 aliphatic heterocycles. The standard InChI is InChI=1S/C17H22N4O2S/c1-3-14(13-4-6-18-7-5-13)20-17(22)21-8-9-23-15(10-21)16-19-12(2)11-24-16/h4-7,11,14-15H,3,8-10H2,1-2H3,(H,20,22)/t14-,15+/m1/s1. The van der Waals surface area contributed by atoms with Crippen LogP contribution in [0.2, 0.25) is 0 Å². The van der Waals surface area contributed by atoms with Gasteiger partial charge in [-0.1, -0.05) is 6.92 Å². The van der Waals surface area contributed by atoms with Gasteiger partial charge >= 0.3 is 6.03 Å². The number of carbonyl (C=O) groups is 1. The van der Waals surface area contributed by atoms with E-state index in [1.54, 1.807) is 23.7 Å². The second kappa shape index (κ2) is 7.72. The Balaban J connectivity index is 1.63. The predicted octanol–water partition coefficient (Wildman–Crippen LogP) is 3.08. The second-order valence-corrected chi connectivity index (χ2v) is 6.71. The fourth-order valence-corrected chi connectivity index (χ4v) is 3.60. The lowest BCUT2D eigenvalue weighted by Gasteiger charge is -2.33. The highest BCUT2D eigenvalue weighted by molar-refractivity contribution is 7.09. The zero-order chi connectivity index (χ0) is 16.9. The molecule has 2 aromatic rings. The van der Waals surface area contributed by atoms with Gasteiger partial charge in [-0.05, 0) is 31.0 Å². The quantitative estimate of drug-likeness (QED) is 0.924. The van der Waals surface area contributed by atoms with Gasteiger partial charge in [-0.15, -0.1) is 11.3 Å². The summed E-state index contributed by atoms with van der Waals surface area (Å²) in [5.41, 5.74) is 2.06. The normalized spacial score (nSPS) is 19.1. The van der Waals surface area contributed by atoms with Crippen molar-refractivity contribution in [1.82, 2.24) is 20.2 Å². The first kappa shape index (κ1) is 16.9. The Bertz CT molecular complexity index is 676. The first-order valence-electron chi connectivity index (χ1n) is 8.16. The summed E-state index contributed by atoms with van der Waals surface area (Å²) < 4.78 is 5.79. The van der Waals surface area contributed by atoms with Crippen molar-refractivity contribution in [2.24, 2.45) is 0 Å². The van der Waals surface area contributed by atoms with E-state index in [1.807, 2.05) is 29.3 Å². The lowest BCUT2D eigenvalue weighted by atomic mass is 10.1. The minimum atomic E-state index is -0.135. The van der Waals surface area contributed by atoms with Gasteiger partial charge in [0.05, 0.1) is 19.2 Å². The summed E-state index contributed by atoms with van der Waals surface area (Å²) in [5, 5.41) is 6.06. The second-order valence-electron chi connectivity index (χ2n) is 5.82. The Labute approximate surface area is 145 Å². The van der Waals surface area contributed by atoms with Gasteiger partial charge in [-0.3, -0.25) is 4.98 Å². The Morgan fingerprint density at radius 3 is 2.96 bits per heavy atom. The van der Waals surface area contributed by atoms with Crippen molar-refractivity contribution < 1.29 is 9.53 Å². The first-order valence-corrected chi connectivity index (χ1v) is 9.04. The number of hydrogen-bond acceptors (Lipinski definition) is 5. The number of pyridine rings is 1. The van der Waals surface area contributed by atoms with E-state index in [1.165, 1.54) is 0 Å². The number of carbonyl (C=O) groups excluding carboxylic acids is 1. The van der Waals surface area contributed by atoms with E-state index in [0.717, 1.165) is 22.7 Å². The molecule has 3 rings (SSSR count). The number of morpholine rings is 1. The molecule has 7 heteroatoms. The Morgan fingerprint density at radius 1 is 1.50 bits per heavy atom. The van der Waals surface area contributed by atoms with Gasteiger partial charge in [0.25, 0.3) is 0 Å². The van der Waals surface area contributed by atoms with E-state index in [-0.39, 0.29) is 18.2 Å². The minimum Gasteiger partial charge on any atom is -0.367 e. The van der Waals surface area contributed by atoms with Crippen LogP contribution in [0.4, 0.5) is 4.79 Å². The van der Waals surface area contributed by atoms with Crippen molar-refractivity contribution in [1.29, 1.82) is 0 Å². The van der Waals surface area contributed by atoms with Crippen LogP contribution in [0.3, 0.4) is 0 Å². The van der Waals surface area contributed by atoms with Gasteiger partial charge in [-0.2, -0.15) is 0 Å². The van der Waals surface area contributed by atoms with Crippen molar-refractivity contribution in [3.63, 3.8) is 0 Å². The van der Waals surface area contributed by atoms with Crippen LogP contribution in [0, 0.1) is 6.92 Å². The summed E-state index contributed by atoms with van der Waals surface area (Å²) in [4.78, 5) is 23.0. The highest BCUT2D eigenvalue weighted by Gasteiger charge is 2.28. The van der Waals surface area contributed by atoms with Crippen LogP contribution in [0.5, 0.6) is 0 Å². The molecule has 0 unspecified atom stereocenters. The highest BCUT2D eigenvalue weighted by atomic mass is 32.1. The van der Waals surface area contributed by atoms with Crippen LogP contribution >= 0.6 is 11.3 Å². The average Bonchev–Trinajstić information content (AvgIpc) is 3.07. The molecule has 0 radical (unpaired) electrons. The van der Waals surface area contributed by atoms with E-state index in [0.29, 0.717) is 19.7 Å². The smallest absolute Gasteiger partial charge is 0.318 e. The lowest BCUT2D eigenvalue weighted by molar-refractivity contribution is -0.0159. The Kier molecular flexibility index (Phi) is 5.42. The number of thiazole rings is 1. The van der Waals surface area contributed by atoms with Gasteiger partial charge in [0, 0.05) is 30.0 Å². The summed E-state index contributed by atoms with van der Waals surface area (Å²) in [7, 11) is 0. The summed E-state index contributed by atoms with van der Waals surface area (Å²) >= 11 is 1.58. The molecular weight excluding hydrogens is 324 g/mol. The molecule has 0 spiro atoms. The molecule has 24 heavy (non-hydrogen) atoms. The first-order chi connectivity index (χ1) is 11.7. The predicted molar refractivity (Wildman–Crippen MR) is 92.9 cm³/mol. The number of urea groups is 1. The van der Waals surface area contributed by atoms with E-state index in [2.05, 4.69) is 22.2 Å². The van der Waals surface area contributed by atoms with Crippen LogP contribution in [0.25, 0.3) is 0 Å². The third-order valence-corrected chi connectivity index (χ3v) is 5.13. The number of aryl methyl sites for hydroxylation is 1. The maximum absolute atomic E-state index is 12.6. The number of nitrogens with zero attached hydrogens (tertiary/aromatic N) is 3. The van der Waals surface area contributed by atoms with E-state index in [9.17, 15) is 4.79 Å².